The number of carbonyl (C=O) groups excluding carboxylic acids is 1. The Morgan fingerprint density at radius 3 is 2.81 bits per heavy atom. The summed E-state index contributed by atoms with van der Waals surface area (Å²) in [4.78, 5) is 12.0. The summed E-state index contributed by atoms with van der Waals surface area (Å²) in [6.07, 6.45) is 1.81. The Labute approximate surface area is 125 Å². The molecule has 21 heavy (non-hydrogen) atoms. The molecule has 1 atom stereocenters. The van der Waals surface area contributed by atoms with Gasteiger partial charge in [-0.15, -0.1) is 0 Å². The van der Waals surface area contributed by atoms with Crippen LogP contribution < -0.4 is 11.1 Å². The number of benzene rings is 1. The number of sulfonamides is 1. The molecule has 1 aliphatic rings. The van der Waals surface area contributed by atoms with E-state index in [-0.39, 0.29) is 11.8 Å². The maximum Gasteiger partial charge on any atom is 0.228 e. The molecule has 1 aromatic carbocycles. The molecular formula is C14H21N3O3S. The SMILES string of the molecule is CC(CN)C(=O)Nc1cccc2c1CCN(S(C)(=O)=O)C2. The first-order chi connectivity index (χ1) is 9.82. The molecule has 0 spiro atoms. The first kappa shape index (κ1) is 15.9. The Balaban J connectivity index is 2.23. The third-order valence-electron chi connectivity index (χ3n) is 3.76. The lowest BCUT2D eigenvalue weighted by atomic mass is 9.98. The molecule has 3 N–H and O–H groups in total. The van der Waals surface area contributed by atoms with Gasteiger partial charge in [0.2, 0.25) is 15.9 Å². The first-order valence-corrected chi connectivity index (χ1v) is 8.74. The quantitative estimate of drug-likeness (QED) is 0.849. The van der Waals surface area contributed by atoms with Gasteiger partial charge in [-0.25, -0.2) is 8.42 Å². The minimum absolute atomic E-state index is 0.114. The lowest BCUT2D eigenvalue weighted by Gasteiger charge is -2.28. The maximum absolute atomic E-state index is 12.0. The van der Waals surface area contributed by atoms with E-state index in [1.54, 1.807) is 6.92 Å². The van der Waals surface area contributed by atoms with E-state index in [1.807, 2.05) is 18.2 Å². The van der Waals surface area contributed by atoms with Crippen LogP contribution in [0.4, 0.5) is 5.69 Å². The van der Waals surface area contributed by atoms with Crippen molar-refractivity contribution in [2.75, 3.05) is 24.7 Å². The van der Waals surface area contributed by atoms with Gasteiger partial charge in [0.1, 0.15) is 0 Å². The predicted molar refractivity (Wildman–Crippen MR) is 82.2 cm³/mol. The molecule has 0 saturated carbocycles. The van der Waals surface area contributed by atoms with E-state index in [0.29, 0.717) is 26.1 Å². The Morgan fingerprint density at radius 2 is 2.19 bits per heavy atom. The third-order valence-corrected chi connectivity index (χ3v) is 5.01. The van der Waals surface area contributed by atoms with Crippen molar-refractivity contribution < 1.29 is 13.2 Å². The normalized spacial score (nSPS) is 17.1. The molecule has 0 fully saturated rings. The third kappa shape index (κ3) is 3.61. The highest BCUT2D eigenvalue weighted by Gasteiger charge is 2.25. The number of anilines is 1. The van der Waals surface area contributed by atoms with Crippen molar-refractivity contribution in [1.29, 1.82) is 0 Å². The van der Waals surface area contributed by atoms with Crippen LogP contribution in [0.15, 0.2) is 18.2 Å². The molecule has 7 heteroatoms. The minimum Gasteiger partial charge on any atom is -0.330 e. The smallest absolute Gasteiger partial charge is 0.228 e. The molecule has 1 heterocycles. The summed E-state index contributed by atoms with van der Waals surface area (Å²) < 4.78 is 24.7. The van der Waals surface area contributed by atoms with Crippen molar-refractivity contribution in [3.05, 3.63) is 29.3 Å². The van der Waals surface area contributed by atoms with Gasteiger partial charge < -0.3 is 11.1 Å². The van der Waals surface area contributed by atoms with Crippen LogP contribution >= 0.6 is 0 Å². The summed E-state index contributed by atoms with van der Waals surface area (Å²) in [6.45, 7) is 2.86. The number of carbonyl (C=O) groups is 1. The highest BCUT2D eigenvalue weighted by Crippen LogP contribution is 2.27. The number of amides is 1. The van der Waals surface area contributed by atoms with Gasteiger partial charge in [-0.1, -0.05) is 19.1 Å². The fourth-order valence-electron chi connectivity index (χ4n) is 2.35. The second-order valence-electron chi connectivity index (χ2n) is 5.42. The van der Waals surface area contributed by atoms with Crippen molar-refractivity contribution in [3.8, 4) is 0 Å². The predicted octanol–water partition coefficient (Wildman–Crippen LogP) is 0.538. The van der Waals surface area contributed by atoms with Crippen molar-refractivity contribution in [1.82, 2.24) is 4.31 Å². The van der Waals surface area contributed by atoms with Crippen LogP contribution in [0.25, 0.3) is 0 Å². The first-order valence-electron chi connectivity index (χ1n) is 6.89. The van der Waals surface area contributed by atoms with Gasteiger partial charge in [-0.2, -0.15) is 4.31 Å². The number of nitrogens with two attached hydrogens (primary N) is 1. The minimum atomic E-state index is -3.19. The summed E-state index contributed by atoms with van der Waals surface area (Å²) >= 11 is 0. The van der Waals surface area contributed by atoms with Crippen molar-refractivity contribution in [2.45, 2.75) is 19.9 Å². The van der Waals surface area contributed by atoms with E-state index in [4.69, 9.17) is 5.73 Å². The fourth-order valence-corrected chi connectivity index (χ4v) is 3.14. The van der Waals surface area contributed by atoms with Crippen molar-refractivity contribution in [2.24, 2.45) is 11.7 Å². The fraction of sp³-hybridized carbons (Fsp3) is 0.500. The van der Waals surface area contributed by atoms with Crippen LogP contribution in [0.3, 0.4) is 0 Å². The van der Waals surface area contributed by atoms with Crippen LogP contribution in [-0.4, -0.2) is 38.0 Å². The molecule has 6 nitrogen and oxygen atoms in total. The Bertz CT molecular complexity index is 643. The monoisotopic (exact) mass is 311 g/mol. The topological polar surface area (TPSA) is 92.5 Å². The molecule has 2 rings (SSSR count). The van der Waals surface area contributed by atoms with E-state index in [2.05, 4.69) is 5.32 Å². The second-order valence-corrected chi connectivity index (χ2v) is 7.40. The average molecular weight is 311 g/mol. The van der Waals surface area contributed by atoms with E-state index in [9.17, 15) is 13.2 Å². The molecule has 116 valence electrons. The number of hydrogen-bond acceptors (Lipinski definition) is 4. The molecular weight excluding hydrogens is 290 g/mol. The van der Waals surface area contributed by atoms with Crippen LogP contribution in [0.1, 0.15) is 18.1 Å². The Morgan fingerprint density at radius 1 is 1.48 bits per heavy atom. The van der Waals surface area contributed by atoms with E-state index in [1.165, 1.54) is 10.6 Å². The molecule has 1 amide bonds. The Hall–Kier alpha value is -1.44. The van der Waals surface area contributed by atoms with E-state index >= 15 is 0 Å². The van der Waals surface area contributed by atoms with Gasteiger partial charge in [0, 0.05) is 31.2 Å². The van der Waals surface area contributed by atoms with E-state index in [0.717, 1.165) is 16.8 Å². The molecule has 0 aliphatic carbocycles. The zero-order valence-electron chi connectivity index (χ0n) is 12.3. The molecule has 0 aromatic heterocycles. The summed E-state index contributed by atoms with van der Waals surface area (Å²) in [5, 5.41) is 2.89. The highest BCUT2D eigenvalue weighted by molar-refractivity contribution is 7.88. The molecule has 1 aromatic rings. The van der Waals surface area contributed by atoms with Crippen LogP contribution in [0.5, 0.6) is 0 Å². The molecule has 0 radical (unpaired) electrons. The summed E-state index contributed by atoms with van der Waals surface area (Å²) in [6, 6.07) is 5.57. The van der Waals surface area contributed by atoms with Gasteiger partial charge in [0.05, 0.1) is 6.26 Å². The standard InChI is InChI=1S/C14H21N3O3S/c1-10(8-15)14(18)16-13-5-3-4-11-9-17(21(2,19)20)7-6-12(11)13/h3-5,10H,6-9,15H2,1-2H3,(H,16,18). The summed E-state index contributed by atoms with van der Waals surface area (Å²) in [5.74, 6) is -0.367. The number of nitrogens with zero attached hydrogens (tertiary/aromatic N) is 1. The zero-order chi connectivity index (χ0) is 15.6. The highest BCUT2D eigenvalue weighted by atomic mass is 32.2. The molecule has 1 unspecified atom stereocenters. The lowest BCUT2D eigenvalue weighted by Crippen LogP contribution is -2.35. The summed E-state index contributed by atoms with van der Waals surface area (Å²) in [7, 11) is -3.19. The number of rotatable bonds is 4. The second kappa shape index (κ2) is 6.13. The maximum atomic E-state index is 12.0. The Kier molecular flexibility index (Phi) is 4.65. The van der Waals surface area contributed by atoms with Crippen molar-refractivity contribution in [3.63, 3.8) is 0 Å². The van der Waals surface area contributed by atoms with Crippen LogP contribution in [0.2, 0.25) is 0 Å². The van der Waals surface area contributed by atoms with Gasteiger partial charge in [0.15, 0.2) is 0 Å². The largest absolute Gasteiger partial charge is 0.330 e. The van der Waals surface area contributed by atoms with Gasteiger partial charge in [-0.05, 0) is 23.6 Å². The number of hydrogen-bond donors (Lipinski definition) is 2. The van der Waals surface area contributed by atoms with Gasteiger partial charge >= 0.3 is 0 Å². The van der Waals surface area contributed by atoms with Crippen molar-refractivity contribution >= 4 is 21.6 Å². The lowest BCUT2D eigenvalue weighted by molar-refractivity contribution is -0.119. The van der Waals surface area contributed by atoms with Gasteiger partial charge in [-0.3, -0.25) is 4.79 Å². The molecule has 0 bridgehead atoms. The zero-order valence-corrected chi connectivity index (χ0v) is 13.1. The van der Waals surface area contributed by atoms with E-state index < -0.39 is 10.0 Å². The van der Waals surface area contributed by atoms with Crippen LogP contribution in [0, 0.1) is 5.92 Å². The van der Waals surface area contributed by atoms with Crippen LogP contribution in [-0.2, 0) is 27.8 Å². The average Bonchev–Trinajstić information content (AvgIpc) is 2.45. The summed E-state index contributed by atoms with van der Waals surface area (Å²) in [5.41, 5.74) is 8.20. The molecule has 1 aliphatic heterocycles. The number of fused-ring (bicyclic) bond motifs is 1. The molecule has 0 saturated heterocycles. The van der Waals surface area contributed by atoms with Gasteiger partial charge in [0.25, 0.3) is 0 Å². The number of nitrogens with one attached hydrogen (secondary N) is 1.